The van der Waals surface area contributed by atoms with Crippen LogP contribution in [0.1, 0.15) is 23.9 Å². The fraction of sp³-hybridized carbons (Fsp3) is 0.192. The lowest BCUT2D eigenvalue weighted by molar-refractivity contribution is -0.141. The Kier molecular flexibility index (Phi) is 7.28. The maximum atomic E-state index is 13.4. The first-order valence-electron chi connectivity index (χ1n) is 10.7. The van der Waals surface area contributed by atoms with Crippen LogP contribution >= 0.6 is 23.2 Å². The molecule has 4 rings (SSSR count). The van der Waals surface area contributed by atoms with E-state index >= 15 is 0 Å². The molecule has 0 aliphatic rings. The summed E-state index contributed by atoms with van der Waals surface area (Å²) in [6.07, 6.45) is -4.64. The second kappa shape index (κ2) is 10.2. The monoisotopic (exact) mass is 520 g/mol. The molecule has 0 aliphatic heterocycles. The number of ether oxygens (including phenoxy) is 2. The van der Waals surface area contributed by atoms with Crippen molar-refractivity contribution < 1.29 is 22.6 Å². The number of aryl methyl sites for hydroxylation is 1. The molecule has 0 saturated heterocycles. The highest BCUT2D eigenvalue weighted by atomic mass is 35.5. The normalized spacial score (nSPS) is 11.5. The molecule has 0 fully saturated rings. The first kappa shape index (κ1) is 24.9. The van der Waals surface area contributed by atoms with Crippen LogP contribution in [-0.4, -0.2) is 16.4 Å². The molecular weight excluding hydrogens is 500 g/mol. The average molecular weight is 521 g/mol. The fourth-order valence-electron chi connectivity index (χ4n) is 3.58. The Morgan fingerprint density at radius 1 is 0.914 bits per heavy atom. The molecule has 0 unspecified atom stereocenters. The van der Waals surface area contributed by atoms with Crippen LogP contribution in [0.5, 0.6) is 11.5 Å². The second-order valence-electron chi connectivity index (χ2n) is 7.75. The van der Waals surface area contributed by atoms with Crippen LogP contribution in [0.4, 0.5) is 13.2 Å². The van der Waals surface area contributed by atoms with Gasteiger partial charge in [0.15, 0.2) is 5.69 Å². The Balaban J connectivity index is 1.61. The Morgan fingerprint density at radius 3 is 2.23 bits per heavy atom. The largest absolute Gasteiger partial charge is 0.493 e. The minimum atomic E-state index is -4.64. The maximum Gasteiger partial charge on any atom is 0.435 e. The van der Waals surface area contributed by atoms with Gasteiger partial charge in [-0.1, -0.05) is 53.0 Å². The van der Waals surface area contributed by atoms with E-state index < -0.39 is 11.9 Å². The lowest BCUT2D eigenvalue weighted by Crippen LogP contribution is -2.09. The third kappa shape index (κ3) is 5.57. The Labute approximate surface area is 210 Å². The molecule has 0 spiro atoms. The molecule has 4 nitrogen and oxygen atoms in total. The van der Waals surface area contributed by atoms with Crippen LogP contribution in [0.15, 0.2) is 66.7 Å². The molecule has 0 aliphatic carbocycles. The number of rotatable bonds is 7. The van der Waals surface area contributed by atoms with Gasteiger partial charge in [0.2, 0.25) is 0 Å². The summed E-state index contributed by atoms with van der Waals surface area (Å²) in [7, 11) is 0. The van der Waals surface area contributed by atoms with Crippen molar-refractivity contribution in [3.8, 4) is 28.3 Å². The van der Waals surface area contributed by atoms with Crippen LogP contribution in [0.25, 0.3) is 16.8 Å². The van der Waals surface area contributed by atoms with Crippen LogP contribution < -0.4 is 9.47 Å². The van der Waals surface area contributed by atoms with Crippen molar-refractivity contribution in [1.29, 1.82) is 0 Å². The molecular formula is C26H21Cl2F3N2O2. The Bertz CT molecular complexity index is 1320. The minimum Gasteiger partial charge on any atom is -0.493 e. The summed E-state index contributed by atoms with van der Waals surface area (Å²) < 4.78 is 52.8. The number of halogens is 5. The maximum absolute atomic E-state index is 13.4. The molecule has 1 heterocycles. The summed E-state index contributed by atoms with van der Waals surface area (Å²) in [5.74, 6) is 1.25. The molecule has 0 N–H and O–H groups in total. The highest BCUT2D eigenvalue weighted by Crippen LogP contribution is 2.35. The van der Waals surface area contributed by atoms with E-state index in [1.807, 2.05) is 44.2 Å². The lowest BCUT2D eigenvalue weighted by atomic mass is 10.0. The van der Waals surface area contributed by atoms with Crippen molar-refractivity contribution in [2.75, 3.05) is 6.61 Å². The molecule has 0 bridgehead atoms. The number of para-hydroxylation sites is 1. The summed E-state index contributed by atoms with van der Waals surface area (Å²) in [4.78, 5) is 0. The number of hydrogen-bond acceptors (Lipinski definition) is 3. The van der Waals surface area contributed by atoms with Gasteiger partial charge in [0.1, 0.15) is 23.8 Å². The molecule has 0 amide bonds. The second-order valence-corrected chi connectivity index (χ2v) is 8.56. The summed E-state index contributed by atoms with van der Waals surface area (Å²) in [5.41, 5.74) is 2.20. The van der Waals surface area contributed by atoms with E-state index in [1.54, 1.807) is 18.2 Å². The first-order valence-corrected chi connectivity index (χ1v) is 11.5. The number of benzene rings is 3. The minimum absolute atomic E-state index is 0.147. The topological polar surface area (TPSA) is 36.3 Å². The summed E-state index contributed by atoms with van der Waals surface area (Å²) >= 11 is 12.4. The van der Waals surface area contributed by atoms with Crippen LogP contribution in [0.2, 0.25) is 10.0 Å². The third-order valence-corrected chi connectivity index (χ3v) is 5.82. The summed E-state index contributed by atoms with van der Waals surface area (Å²) in [5, 5.41) is 4.04. The molecule has 3 aromatic carbocycles. The van der Waals surface area contributed by atoms with Gasteiger partial charge in [0.25, 0.3) is 0 Å². The number of aromatic nitrogens is 2. The van der Waals surface area contributed by atoms with Gasteiger partial charge in [-0.25, -0.2) is 4.68 Å². The zero-order chi connectivity index (χ0) is 25.2. The van der Waals surface area contributed by atoms with E-state index in [9.17, 15) is 13.2 Å². The van der Waals surface area contributed by atoms with Crippen molar-refractivity contribution in [3.05, 3.63) is 93.7 Å². The van der Waals surface area contributed by atoms with Crippen molar-refractivity contribution in [3.63, 3.8) is 0 Å². The number of alkyl halides is 3. The zero-order valence-electron chi connectivity index (χ0n) is 18.9. The molecule has 182 valence electrons. The molecule has 4 aromatic rings. The highest BCUT2D eigenvalue weighted by Gasteiger charge is 2.35. The summed E-state index contributed by atoms with van der Waals surface area (Å²) in [6.45, 7) is 4.28. The molecule has 0 radical (unpaired) electrons. The molecule has 0 atom stereocenters. The van der Waals surface area contributed by atoms with Gasteiger partial charge in [-0.15, -0.1) is 0 Å². The smallest absolute Gasteiger partial charge is 0.435 e. The quantitative estimate of drug-likeness (QED) is 0.246. The average Bonchev–Trinajstić information content (AvgIpc) is 3.24. The van der Waals surface area contributed by atoms with Crippen molar-refractivity contribution >= 4 is 23.2 Å². The van der Waals surface area contributed by atoms with Crippen LogP contribution in [0, 0.1) is 6.92 Å². The van der Waals surface area contributed by atoms with E-state index in [1.165, 1.54) is 12.1 Å². The zero-order valence-corrected chi connectivity index (χ0v) is 20.4. The van der Waals surface area contributed by atoms with E-state index in [-0.39, 0.29) is 28.0 Å². The summed E-state index contributed by atoms with van der Waals surface area (Å²) in [6, 6.07) is 18.8. The number of hydrogen-bond donors (Lipinski definition) is 0. The van der Waals surface area contributed by atoms with Gasteiger partial charge in [0.05, 0.1) is 22.3 Å². The molecule has 35 heavy (non-hydrogen) atoms. The SMILES string of the molecule is CCOc1ccc(C)cc1-c1ccc(OCc2cc(C(F)(F)F)nn2-c2c(Cl)cccc2Cl)cc1. The van der Waals surface area contributed by atoms with Gasteiger partial charge in [-0.2, -0.15) is 18.3 Å². The van der Waals surface area contributed by atoms with Gasteiger partial charge in [-0.3, -0.25) is 0 Å². The predicted molar refractivity (Wildman–Crippen MR) is 131 cm³/mol. The van der Waals surface area contributed by atoms with Crippen molar-refractivity contribution in [2.24, 2.45) is 0 Å². The van der Waals surface area contributed by atoms with Gasteiger partial charge < -0.3 is 9.47 Å². The van der Waals surface area contributed by atoms with Gasteiger partial charge >= 0.3 is 6.18 Å². The lowest BCUT2D eigenvalue weighted by Gasteiger charge is -2.13. The molecule has 9 heteroatoms. The Morgan fingerprint density at radius 2 is 1.60 bits per heavy atom. The van der Waals surface area contributed by atoms with Crippen LogP contribution in [-0.2, 0) is 12.8 Å². The third-order valence-electron chi connectivity index (χ3n) is 5.21. The van der Waals surface area contributed by atoms with Gasteiger partial charge in [-0.05, 0) is 61.9 Å². The fourth-order valence-corrected chi connectivity index (χ4v) is 4.14. The van der Waals surface area contributed by atoms with Crippen molar-refractivity contribution in [1.82, 2.24) is 9.78 Å². The van der Waals surface area contributed by atoms with Crippen LogP contribution in [0.3, 0.4) is 0 Å². The number of nitrogens with zero attached hydrogens (tertiary/aromatic N) is 2. The molecule has 0 saturated carbocycles. The van der Waals surface area contributed by atoms with E-state index in [4.69, 9.17) is 32.7 Å². The first-order chi connectivity index (χ1) is 16.7. The van der Waals surface area contributed by atoms with E-state index in [0.29, 0.717) is 12.4 Å². The van der Waals surface area contributed by atoms with E-state index in [2.05, 4.69) is 5.10 Å². The Hall–Kier alpha value is -3.16. The molecule has 1 aromatic heterocycles. The van der Waals surface area contributed by atoms with Crippen molar-refractivity contribution in [2.45, 2.75) is 26.6 Å². The van der Waals surface area contributed by atoms with E-state index in [0.717, 1.165) is 33.2 Å². The van der Waals surface area contributed by atoms with Gasteiger partial charge in [0, 0.05) is 5.56 Å². The standard InChI is InChI=1S/C26H21Cl2F3N2O2/c1-3-34-23-12-7-16(2)13-20(23)17-8-10-19(11-9-17)35-15-18-14-24(26(29,30)31)32-33(18)25-21(27)5-4-6-22(25)28/h4-14H,3,15H2,1-2H3. The highest BCUT2D eigenvalue weighted by molar-refractivity contribution is 6.37. The predicted octanol–water partition coefficient (Wildman–Crippen LogP) is 8.15.